The fraction of sp³-hybridized carbons (Fsp3) is 0.538. The molecule has 1 aliphatic rings. The van der Waals surface area contributed by atoms with E-state index in [0.717, 1.165) is 23.5 Å². The van der Waals surface area contributed by atoms with Crippen LogP contribution in [0.1, 0.15) is 25.8 Å². The molecule has 1 unspecified atom stereocenters. The average molecular weight is 273 g/mol. The Labute approximate surface area is 111 Å². The predicted octanol–water partition coefficient (Wildman–Crippen LogP) is 3.45. The summed E-state index contributed by atoms with van der Waals surface area (Å²) < 4.78 is 5.84. The minimum absolute atomic E-state index is 0.269. The van der Waals surface area contributed by atoms with Crippen molar-refractivity contribution < 1.29 is 9.84 Å². The number of aliphatic hydroxyl groups is 1. The molecule has 2 rings (SSSR count). The van der Waals surface area contributed by atoms with Crippen LogP contribution in [0.25, 0.3) is 0 Å². The normalized spacial score (nSPS) is 20.6. The van der Waals surface area contributed by atoms with Gasteiger partial charge in [0.25, 0.3) is 0 Å². The molecule has 1 saturated heterocycles. The summed E-state index contributed by atoms with van der Waals surface area (Å²) in [6.45, 7) is 3.49. The van der Waals surface area contributed by atoms with E-state index in [1.807, 2.05) is 23.9 Å². The first kappa shape index (κ1) is 13.1. The Hall–Kier alpha value is -0.380. The van der Waals surface area contributed by atoms with Crippen molar-refractivity contribution in [3.63, 3.8) is 0 Å². The molecule has 0 radical (unpaired) electrons. The van der Waals surface area contributed by atoms with E-state index in [4.69, 9.17) is 16.3 Å². The molecular formula is C13H17ClO2S. The first-order valence-corrected chi connectivity index (χ1v) is 7.27. The molecule has 1 atom stereocenters. The van der Waals surface area contributed by atoms with E-state index >= 15 is 0 Å². The molecule has 2 nitrogen and oxygen atoms in total. The Morgan fingerprint density at radius 1 is 1.47 bits per heavy atom. The van der Waals surface area contributed by atoms with Crippen LogP contribution in [0.4, 0.5) is 0 Å². The maximum absolute atomic E-state index is 9.89. The second-order valence-corrected chi connectivity index (χ2v) is 6.36. The fourth-order valence-corrected chi connectivity index (χ4v) is 3.08. The van der Waals surface area contributed by atoms with Crippen LogP contribution in [0, 0.1) is 0 Å². The number of rotatable bonds is 3. The summed E-state index contributed by atoms with van der Waals surface area (Å²) in [6.07, 6.45) is 1.35. The Balaban J connectivity index is 2.14. The molecule has 0 bridgehead atoms. The molecule has 0 aromatic heterocycles. The van der Waals surface area contributed by atoms with Gasteiger partial charge in [0, 0.05) is 5.75 Å². The summed E-state index contributed by atoms with van der Waals surface area (Å²) in [7, 11) is 0. The molecule has 1 heterocycles. The maximum Gasteiger partial charge on any atom is 0.138 e. The maximum atomic E-state index is 9.89. The van der Waals surface area contributed by atoms with Crippen molar-refractivity contribution in [1.82, 2.24) is 0 Å². The van der Waals surface area contributed by atoms with Gasteiger partial charge in [0.1, 0.15) is 11.9 Å². The molecule has 1 N–H and O–H groups in total. The van der Waals surface area contributed by atoms with Gasteiger partial charge in [0.15, 0.2) is 0 Å². The summed E-state index contributed by atoms with van der Waals surface area (Å²) in [4.78, 5) is 0. The van der Waals surface area contributed by atoms with Gasteiger partial charge in [-0.3, -0.25) is 0 Å². The van der Waals surface area contributed by atoms with E-state index in [2.05, 4.69) is 0 Å². The number of hydrogen-bond donors (Lipinski definition) is 1. The summed E-state index contributed by atoms with van der Waals surface area (Å²) in [5.41, 5.74) is -0.0681. The van der Waals surface area contributed by atoms with Crippen LogP contribution in [-0.4, -0.2) is 22.7 Å². The smallest absolute Gasteiger partial charge is 0.138 e. The van der Waals surface area contributed by atoms with Crippen LogP contribution in [0.3, 0.4) is 0 Å². The Morgan fingerprint density at radius 3 is 2.76 bits per heavy atom. The second-order valence-electron chi connectivity index (χ2n) is 4.81. The standard InChI is InChI=1S/C13H17ClO2S/c1-13(2,15)9-3-4-12(11(14)7-9)16-10-5-6-17-8-10/h3-4,7,10,15H,5-6,8H2,1-2H3. The van der Waals surface area contributed by atoms with Gasteiger partial charge in [-0.25, -0.2) is 0 Å². The van der Waals surface area contributed by atoms with Crippen molar-refractivity contribution in [2.45, 2.75) is 32.0 Å². The van der Waals surface area contributed by atoms with Gasteiger partial charge in [-0.1, -0.05) is 17.7 Å². The molecule has 1 aromatic rings. The molecule has 0 amide bonds. The van der Waals surface area contributed by atoms with Gasteiger partial charge in [-0.2, -0.15) is 11.8 Å². The van der Waals surface area contributed by atoms with Crippen molar-refractivity contribution in [2.75, 3.05) is 11.5 Å². The Morgan fingerprint density at radius 2 is 2.24 bits per heavy atom. The van der Waals surface area contributed by atoms with Crippen LogP contribution < -0.4 is 4.74 Å². The molecule has 4 heteroatoms. The van der Waals surface area contributed by atoms with Gasteiger partial charge in [0.05, 0.1) is 10.6 Å². The van der Waals surface area contributed by atoms with E-state index in [9.17, 15) is 5.11 Å². The second kappa shape index (κ2) is 5.09. The van der Waals surface area contributed by atoms with Crippen LogP contribution in [0.15, 0.2) is 18.2 Å². The summed E-state index contributed by atoms with van der Waals surface area (Å²) in [5.74, 6) is 2.90. The third-order valence-corrected chi connectivity index (χ3v) is 4.25. The molecular weight excluding hydrogens is 256 g/mol. The van der Waals surface area contributed by atoms with Crippen LogP contribution in [0.5, 0.6) is 5.75 Å². The highest BCUT2D eigenvalue weighted by Crippen LogP contribution is 2.32. The highest BCUT2D eigenvalue weighted by atomic mass is 35.5. The van der Waals surface area contributed by atoms with Gasteiger partial charge < -0.3 is 9.84 Å². The quantitative estimate of drug-likeness (QED) is 0.914. The van der Waals surface area contributed by atoms with Gasteiger partial charge >= 0.3 is 0 Å². The van der Waals surface area contributed by atoms with E-state index in [1.165, 1.54) is 0 Å². The van der Waals surface area contributed by atoms with Crippen molar-refractivity contribution in [1.29, 1.82) is 0 Å². The van der Waals surface area contributed by atoms with E-state index in [0.29, 0.717) is 10.8 Å². The first-order chi connectivity index (χ1) is 7.97. The summed E-state index contributed by atoms with van der Waals surface area (Å²) in [5, 5.41) is 10.5. The van der Waals surface area contributed by atoms with Crippen LogP contribution in [0.2, 0.25) is 5.02 Å². The lowest BCUT2D eigenvalue weighted by Gasteiger charge is -2.20. The predicted molar refractivity (Wildman–Crippen MR) is 73.1 cm³/mol. The first-order valence-electron chi connectivity index (χ1n) is 5.73. The van der Waals surface area contributed by atoms with Crippen molar-refractivity contribution in [3.8, 4) is 5.75 Å². The molecule has 0 spiro atoms. The number of thioether (sulfide) groups is 1. The molecule has 94 valence electrons. The van der Waals surface area contributed by atoms with Crippen LogP contribution >= 0.6 is 23.4 Å². The van der Waals surface area contributed by atoms with Gasteiger partial charge in [-0.05, 0) is 43.7 Å². The largest absolute Gasteiger partial charge is 0.488 e. The lowest BCUT2D eigenvalue weighted by atomic mass is 9.98. The van der Waals surface area contributed by atoms with Crippen molar-refractivity contribution >= 4 is 23.4 Å². The third-order valence-electron chi connectivity index (χ3n) is 2.82. The fourth-order valence-electron chi connectivity index (χ4n) is 1.76. The zero-order chi connectivity index (χ0) is 12.5. The molecule has 0 aliphatic carbocycles. The monoisotopic (exact) mass is 272 g/mol. The lowest BCUT2D eigenvalue weighted by molar-refractivity contribution is 0.0785. The highest BCUT2D eigenvalue weighted by molar-refractivity contribution is 7.99. The number of ether oxygens (including phenoxy) is 1. The number of benzene rings is 1. The topological polar surface area (TPSA) is 29.5 Å². The van der Waals surface area contributed by atoms with Crippen LogP contribution in [-0.2, 0) is 5.60 Å². The number of hydrogen-bond acceptors (Lipinski definition) is 3. The molecule has 0 saturated carbocycles. The summed E-state index contributed by atoms with van der Waals surface area (Å²) >= 11 is 8.08. The van der Waals surface area contributed by atoms with E-state index < -0.39 is 5.60 Å². The Bertz CT molecular complexity index is 395. The highest BCUT2D eigenvalue weighted by Gasteiger charge is 2.20. The lowest BCUT2D eigenvalue weighted by Crippen LogP contribution is -2.17. The molecule has 17 heavy (non-hydrogen) atoms. The average Bonchev–Trinajstić information content (AvgIpc) is 2.72. The molecule has 1 fully saturated rings. The minimum atomic E-state index is -0.870. The third kappa shape index (κ3) is 3.30. The van der Waals surface area contributed by atoms with E-state index in [-0.39, 0.29) is 6.10 Å². The van der Waals surface area contributed by atoms with Gasteiger partial charge in [-0.15, -0.1) is 0 Å². The van der Waals surface area contributed by atoms with E-state index in [1.54, 1.807) is 19.9 Å². The molecule has 1 aromatic carbocycles. The zero-order valence-corrected chi connectivity index (χ0v) is 11.6. The van der Waals surface area contributed by atoms with Gasteiger partial charge in [0.2, 0.25) is 0 Å². The minimum Gasteiger partial charge on any atom is -0.488 e. The van der Waals surface area contributed by atoms with Crippen molar-refractivity contribution in [2.24, 2.45) is 0 Å². The molecule has 1 aliphatic heterocycles. The summed E-state index contributed by atoms with van der Waals surface area (Å²) in [6, 6.07) is 5.49. The zero-order valence-electron chi connectivity index (χ0n) is 10.1. The van der Waals surface area contributed by atoms with Crippen molar-refractivity contribution in [3.05, 3.63) is 28.8 Å². The SMILES string of the molecule is CC(C)(O)c1ccc(OC2CCSC2)c(Cl)c1. The number of halogens is 1. The Kier molecular flexibility index (Phi) is 3.91.